The second-order valence-electron chi connectivity index (χ2n) is 15.5. The van der Waals surface area contributed by atoms with Gasteiger partial charge in [0.2, 0.25) is 15.9 Å². The number of nitrogens with one attached hydrogen (secondary N) is 3. The topological polar surface area (TPSA) is 137 Å². The van der Waals surface area contributed by atoms with Crippen LogP contribution in [-0.2, 0) is 38.6 Å². The van der Waals surface area contributed by atoms with Crippen LogP contribution in [0, 0.1) is 0 Å². The van der Waals surface area contributed by atoms with Gasteiger partial charge in [-0.1, -0.05) is 81.4 Å². The number of carbonyl (C=O) groups excluding carboxylic acids is 1. The number of aromatic hydroxyl groups is 2. The van der Waals surface area contributed by atoms with E-state index in [1.165, 1.54) is 6.07 Å². The van der Waals surface area contributed by atoms with E-state index in [1.54, 1.807) is 24.3 Å². The molecule has 4 rings (SSSR count). The SMILES string of the molecule is CC(C)(Cc1cccc(CC(=O)NCc2cccc(-c3ccc(O)cc3)c2)c1)NC[C@H](O[Si](C)(C)C(C)(C)C)c1ccc(O)c(NS(C)(=O)=O)c1. The molecule has 0 aliphatic rings. The van der Waals surface area contributed by atoms with Crippen molar-refractivity contribution < 1.29 is 27.9 Å². The summed E-state index contributed by atoms with van der Waals surface area (Å²) in [5, 5.41) is 26.6. The zero-order valence-corrected chi connectivity index (χ0v) is 32.8. The van der Waals surface area contributed by atoms with Crippen molar-refractivity contribution in [2.24, 2.45) is 0 Å². The summed E-state index contributed by atoms with van der Waals surface area (Å²) < 4.78 is 33.2. The first-order chi connectivity index (χ1) is 23.7. The van der Waals surface area contributed by atoms with Crippen molar-refractivity contribution in [2.75, 3.05) is 17.5 Å². The van der Waals surface area contributed by atoms with E-state index in [2.05, 4.69) is 75.2 Å². The Morgan fingerprint density at radius 3 is 2.14 bits per heavy atom. The summed E-state index contributed by atoms with van der Waals surface area (Å²) in [6.07, 6.45) is 1.60. The summed E-state index contributed by atoms with van der Waals surface area (Å²) >= 11 is 0. The number of phenolic OH excluding ortho intramolecular Hbond substituents is 2. The molecular weight excluding hydrogens is 679 g/mol. The number of rotatable bonds is 15. The number of anilines is 1. The summed E-state index contributed by atoms with van der Waals surface area (Å²) in [5.74, 6) is -0.000748. The lowest BCUT2D eigenvalue weighted by Gasteiger charge is -2.40. The average Bonchev–Trinajstić information content (AvgIpc) is 3.02. The molecule has 9 nitrogen and oxygen atoms in total. The Labute approximate surface area is 304 Å². The largest absolute Gasteiger partial charge is 0.508 e. The third-order valence-electron chi connectivity index (χ3n) is 9.32. The molecule has 0 aliphatic heterocycles. The van der Waals surface area contributed by atoms with Gasteiger partial charge in [-0.3, -0.25) is 9.52 Å². The first-order valence-corrected chi connectivity index (χ1v) is 22.0. The lowest BCUT2D eigenvalue weighted by molar-refractivity contribution is -0.120. The molecule has 0 aromatic heterocycles. The molecule has 5 N–H and O–H groups in total. The smallest absolute Gasteiger partial charge is 0.229 e. The Hall–Kier alpha value is -4.16. The number of benzene rings is 4. The van der Waals surface area contributed by atoms with Crippen LogP contribution in [-0.4, -0.2) is 51.2 Å². The van der Waals surface area contributed by atoms with E-state index in [1.807, 2.05) is 48.5 Å². The summed E-state index contributed by atoms with van der Waals surface area (Å²) in [4.78, 5) is 13.0. The van der Waals surface area contributed by atoms with Gasteiger partial charge in [0.05, 0.1) is 24.5 Å². The highest BCUT2D eigenvalue weighted by molar-refractivity contribution is 7.92. The van der Waals surface area contributed by atoms with Crippen LogP contribution in [0.3, 0.4) is 0 Å². The molecule has 0 saturated carbocycles. The fraction of sp³-hybridized carbons (Fsp3) is 0.375. The monoisotopic (exact) mass is 731 g/mol. The van der Waals surface area contributed by atoms with E-state index < -0.39 is 24.4 Å². The van der Waals surface area contributed by atoms with Crippen LogP contribution in [0.2, 0.25) is 18.1 Å². The Bertz CT molecular complexity index is 1920. The molecule has 0 saturated heterocycles. The van der Waals surface area contributed by atoms with Gasteiger partial charge in [0, 0.05) is 18.6 Å². The van der Waals surface area contributed by atoms with Crippen LogP contribution in [0.25, 0.3) is 11.1 Å². The summed E-state index contributed by atoms with van der Waals surface area (Å²) in [7, 11) is -5.86. The summed E-state index contributed by atoms with van der Waals surface area (Å²) in [5.41, 5.74) is 5.52. The highest BCUT2D eigenvalue weighted by Crippen LogP contribution is 2.40. The number of hydrogen-bond acceptors (Lipinski definition) is 7. The van der Waals surface area contributed by atoms with E-state index in [0.29, 0.717) is 19.5 Å². The molecule has 0 heterocycles. The molecule has 0 spiro atoms. The van der Waals surface area contributed by atoms with Gasteiger partial charge in [-0.25, -0.2) is 8.42 Å². The Balaban J connectivity index is 1.41. The third kappa shape index (κ3) is 12.0. The quantitative estimate of drug-likeness (QED) is 0.0625. The molecule has 1 atom stereocenters. The highest BCUT2D eigenvalue weighted by Gasteiger charge is 2.40. The van der Waals surface area contributed by atoms with Crippen LogP contribution in [0.1, 0.15) is 63.0 Å². The van der Waals surface area contributed by atoms with Crippen LogP contribution in [0.15, 0.2) is 91.0 Å². The molecule has 11 heteroatoms. The molecule has 0 aliphatic carbocycles. The molecule has 1 amide bonds. The predicted molar refractivity (Wildman–Crippen MR) is 209 cm³/mol. The predicted octanol–water partition coefficient (Wildman–Crippen LogP) is 7.67. The van der Waals surface area contributed by atoms with E-state index in [9.17, 15) is 23.4 Å². The minimum absolute atomic E-state index is 0.0594. The zero-order valence-electron chi connectivity index (χ0n) is 31.0. The lowest BCUT2D eigenvalue weighted by atomic mass is 9.93. The normalized spacial score (nSPS) is 13.1. The first-order valence-electron chi connectivity index (χ1n) is 17.2. The molecule has 274 valence electrons. The molecule has 0 radical (unpaired) electrons. The summed E-state index contributed by atoms with van der Waals surface area (Å²) in [6.45, 7) is 16.0. The van der Waals surface area contributed by atoms with Crippen LogP contribution in [0.5, 0.6) is 11.5 Å². The van der Waals surface area contributed by atoms with Gasteiger partial charge in [0.15, 0.2) is 8.32 Å². The zero-order chi connectivity index (χ0) is 37.6. The van der Waals surface area contributed by atoms with Crippen molar-refractivity contribution in [2.45, 2.75) is 83.8 Å². The average molecular weight is 732 g/mol. The van der Waals surface area contributed by atoms with Gasteiger partial charge in [-0.2, -0.15) is 0 Å². The van der Waals surface area contributed by atoms with Crippen molar-refractivity contribution in [3.63, 3.8) is 0 Å². The fourth-order valence-corrected chi connectivity index (χ4v) is 7.40. The fourth-order valence-electron chi connectivity index (χ4n) is 5.55. The van der Waals surface area contributed by atoms with Gasteiger partial charge in [0.25, 0.3) is 0 Å². The molecule has 0 bridgehead atoms. The van der Waals surface area contributed by atoms with E-state index in [-0.39, 0.29) is 40.1 Å². The molecule has 0 unspecified atom stereocenters. The molecular formula is C40H53N3O6SSi. The number of hydrogen-bond donors (Lipinski definition) is 5. The second kappa shape index (κ2) is 16.0. The maximum Gasteiger partial charge on any atom is 0.229 e. The number of amides is 1. The highest BCUT2D eigenvalue weighted by atomic mass is 32.2. The van der Waals surface area contributed by atoms with Crippen LogP contribution in [0.4, 0.5) is 5.69 Å². The van der Waals surface area contributed by atoms with Crippen molar-refractivity contribution in [3.8, 4) is 22.6 Å². The minimum Gasteiger partial charge on any atom is -0.508 e. The molecule has 4 aromatic rings. The van der Waals surface area contributed by atoms with Crippen LogP contribution >= 0.6 is 0 Å². The lowest BCUT2D eigenvalue weighted by Crippen LogP contribution is -2.47. The molecule has 4 aromatic carbocycles. The molecule has 51 heavy (non-hydrogen) atoms. The van der Waals surface area contributed by atoms with Crippen molar-refractivity contribution >= 4 is 29.9 Å². The first kappa shape index (κ1) is 39.6. The van der Waals surface area contributed by atoms with E-state index in [4.69, 9.17) is 4.43 Å². The van der Waals surface area contributed by atoms with Crippen molar-refractivity contribution in [1.82, 2.24) is 10.6 Å². The van der Waals surface area contributed by atoms with E-state index in [0.717, 1.165) is 39.6 Å². The van der Waals surface area contributed by atoms with Crippen molar-refractivity contribution in [3.05, 3.63) is 113 Å². The number of phenols is 2. The van der Waals surface area contributed by atoms with Gasteiger partial charge in [-0.05, 0) is 102 Å². The molecule has 0 fully saturated rings. The van der Waals surface area contributed by atoms with Gasteiger partial charge < -0.3 is 25.3 Å². The number of sulfonamides is 1. The maximum atomic E-state index is 13.0. The van der Waals surface area contributed by atoms with Crippen molar-refractivity contribution in [1.29, 1.82) is 0 Å². The standard InChI is InChI=1S/C40H53N3O6SSi/c1-39(2,3)51(7,8)49-37(33-17-20-36(45)35(24-33)43-50(6,47)48)27-42-40(4,5)25-29-12-9-11-28(21-29)23-38(46)41-26-30-13-10-14-32(22-30)31-15-18-34(44)19-16-31/h9-22,24,37,42-45H,23,25-27H2,1-8H3,(H,41,46)/t37-/m0/s1. The summed E-state index contributed by atoms with van der Waals surface area (Å²) in [6, 6.07) is 28.0. The number of carbonyl (C=O) groups is 1. The second-order valence-corrected chi connectivity index (χ2v) is 22.0. The van der Waals surface area contributed by atoms with Gasteiger partial charge >= 0.3 is 0 Å². The minimum atomic E-state index is -3.60. The Morgan fingerprint density at radius 2 is 1.47 bits per heavy atom. The van der Waals surface area contributed by atoms with Crippen LogP contribution < -0.4 is 15.4 Å². The van der Waals surface area contributed by atoms with Gasteiger partial charge in [-0.15, -0.1) is 0 Å². The third-order valence-corrected chi connectivity index (χ3v) is 14.4. The maximum absolute atomic E-state index is 13.0. The Kier molecular flexibility index (Phi) is 12.4. The Morgan fingerprint density at radius 1 is 0.824 bits per heavy atom. The van der Waals surface area contributed by atoms with Gasteiger partial charge in [0.1, 0.15) is 11.5 Å². The van der Waals surface area contributed by atoms with E-state index >= 15 is 0 Å².